The van der Waals surface area contributed by atoms with E-state index in [0.717, 1.165) is 12.1 Å². The molecule has 9 heteroatoms. The summed E-state index contributed by atoms with van der Waals surface area (Å²) in [6.45, 7) is 4.90. The zero-order valence-electron chi connectivity index (χ0n) is 13.2. The predicted molar refractivity (Wildman–Crippen MR) is 85.4 cm³/mol. The molecule has 0 unspecified atom stereocenters. The fourth-order valence-electron chi connectivity index (χ4n) is 1.92. The zero-order chi connectivity index (χ0) is 17.8. The Morgan fingerprint density at radius 1 is 1.09 bits per heavy atom. The molecule has 0 saturated carbocycles. The van der Waals surface area contributed by atoms with Crippen LogP contribution in [0.15, 0.2) is 34.1 Å². The third-order valence-electron chi connectivity index (χ3n) is 3.18. The van der Waals surface area contributed by atoms with E-state index in [1.165, 1.54) is 12.1 Å². The molecule has 23 heavy (non-hydrogen) atoms. The standard InChI is InChI=1S/C14H21NO6S2/c1-4-9-22(18,19)11-5-7-12(8-6-11)23(20,21)15-13(10(2)3)14(16)17/h5-8,10,13,15H,4,9H2,1-3H3,(H,16,17)/t13-/m0/s1. The number of sulfone groups is 1. The van der Waals surface area contributed by atoms with Crippen molar-refractivity contribution in [3.05, 3.63) is 24.3 Å². The molecule has 0 spiro atoms. The Morgan fingerprint density at radius 2 is 1.57 bits per heavy atom. The van der Waals surface area contributed by atoms with Gasteiger partial charge in [0.1, 0.15) is 6.04 Å². The van der Waals surface area contributed by atoms with Crippen molar-refractivity contribution in [3.8, 4) is 0 Å². The average molecular weight is 363 g/mol. The van der Waals surface area contributed by atoms with Crippen LogP contribution in [-0.4, -0.2) is 39.7 Å². The van der Waals surface area contributed by atoms with E-state index in [4.69, 9.17) is 5.11 Å². The second kappa shape index (κ2) is 7.41. The third-order valence-corrected chi connectivity index (χ3v) is 6.57. The quantitative estimate of drug-likeness (QED) is 0.718. The second-order valence-corrected chi connectivity index (χ2v) is 9.29. The number of carbonyl (C=O) groups is 1. The van der Waals surface area contributed by atoms with E-state index in [1.54, 1.807) is 20.8 Å². The van der Waals surface area contributed by atoms with E-state index in [1.807, 2.05) is 0 Å². The highest BCUT2D eigenvalue weighted by atomic mass is 32.2. The van der Waals surface area contributed by atoms with Crippen molar-refractivity contribution in [2.24, 2.45) is 5.92 Å². The minimum Gasteiger partial charge on any atom is -0.480 e. The number of benzene rings is 1. The number of sulfonamides is 1. The van der Waals surface area contributed by atoms with Crippen molar-refractivity contribution in [2.45, 2.75) is 43.0 Å². The number of nitrogens with one attached hydrogen (secondary N) is 1. The summed E-state index contributed by atoms with van der Waals surface area (Å²) in [7, 11) is -7.48. The van der Waals surface area contributed by atoms with E-state index in [-0.39, 0.29) is 15.5 Å². The SMILES string of the molecule is CCCS(=O)(=O)c1ccc(S(=O)(=O)N[C@H](C(=O)O)C(C)C)cc1. The van der Waals surface area contributed by atoms with Gasteiger partial charge in [-0.2, -0.15) is 4.72 Å². The van der Waals surface area contributed by atoms with Gasteiger partial charge in [0.25, 0.3) is 0 Å². The molecule has 0 amide bonds. The van der Waals surface area contributed by atoms with Crippen LogP contribution in [0.1, 0.15) is 27.2 Å². The second-order valence-electron chi connectivity index (χ2n) is 5.47. The fourth-order valence-corrected chi connectivity index (χ4v) is 4.58. The van der Waals surface area contributed by atoms with Crippen molar-refractivity contribution in [3.63, 3.8) is 0 Å². The number of hydrogen-bond acceptors (Lipinski definition) is 5. The van der Waals surface area contributed by atoms with Gasteiger partial charge < -0.3 is 5.11 Å². The number of carboxylic acid groups (broad SMARTS) is 1. The summed E-state index contributed by atoms with van der Waals surface area (Å²) in [5, 5.41) is 9.06. The van der Waals surface area contributed by atoms with Crippen LogP contribution in [0.4, 0.5) is 0 Å². The monoisotopic (exact) mass is 363 g/mol. The van der Waals surface area contributed by atoms with Crippen LogP contribution >= 0.6 is 0 Å². The molecule has 0 heterocycles. The molecule has 7 nitrogen and oxygen atoms in total. The molecule has 1 aromatic carbocycles. The number of carboxylic acids is 1. The van der Waals surface area contributed by atoms with Crippen LogP contribution in [-0.2, 0) is 24.7 Å². The first-order chi connectivity index (χ1) is 10.5. The van der Waals surface area contributed by atoms with Gasteiger partial charge in [-0.25, -0.2) is 16.8 Å². The van der Waals surface area contributed by atoms with E-state index >= 15 is 0 Å². The van der Waals surface area contributed by atoms with Crippen LogP contribution in [0.2, 0.25) is 0 Å². The maximum atomic E-state index is 12.2. The molecular weight excluding hydrogens is 342 g/mol. The van der Waals surface area contributed by atoms with Gasteiger partial charge >= 0.3 is 5.97 Å². The molecule has 0 radical (unpaired) electrons. The van der Waals surface area contributed by atoms with Crippen LogP contribution in [0.5, 0.6) is 0 Å². The first-order valence-electron chi connectivity index (χ1n) is 7.09. The van der Waals surface area contributed by atoms with Crippen molar-refractivity contribution in [2.75, 3.05) is 5.75 Å². The molecule has 0 fully saturated rings. The van der Waals surface area contributed by atoms with E-state index in [0.29, 0.717) is 6.42 Å². The van der Waals surface area contributed by atoms with Gasteiger partial charge in [0.05, 0.1) is 15.5 Å². The highest BCUT2D eigenvalue weighted by Gasteiger charge is 2.28. The van der Waals surface area contributed by atoms with Crippen LogP contribution in [0.3, 0.4) is 0 Å². The first kappa shape index (κ1) is 19.6. The Hall–Kier alpha value is -1.45. The molecule has 130 valence electrons. The Bertz CT molecular complexity index is 751. The summed E-state index contributed by atoms with van der Waals surface area (Å²) in [5.74, 6) is -1.73. The lowest BCUT2D eigenvalue weighted by molar-refractivity contribution is -0.140. The maximum Gasteiger partial charge on any atom is 0.322 e. The Morgan fingerprint density at radius 3 is 1.96 bits per heavy atom. The minimum atomic E-state index is -4.05. The van der Waals surface area contributed by atoms with E-state index < -0.39 is 37.8 Å². The Labute approximate surface area is 136 Å². The molecule has 0 aromatic heterocycles. The van der Waals surface area contributed by atoms with Crippen molar-refractivity contribution in [1.29, 1.82) is 0 Å². The number of rotatable bonds is 8. The third kappa shape index (κ3) is 5.02. The Kier molecular flexibility index (Phi) is 6.32. The van der Waals surface area contributed by atoms with Gasteiger partial charge in [-0.15, -0.1) is 0 Å². The van der Waals surface area contributed by atoms with Gasteiger partial charge in [0.15, 0.2) is 9.84 Å². The van der Waals surface area contributed by atoms with Crippen molar-refractivity contribution in [1.82, 2.24) is 4.72 Å². The summed E-state index contributed by atoms with van der Waals surface area (Å²) in [4.78, 5) is 11.0. The maximum absolute atomic E-state index is 12.2. The minimum absolute atomic E-state index is 0.0220. The molecule has 0 bridgehead atoms. The lowest BCUT2D eigenvalue weighted by atomic mass is 10.1. The molecule has 1 aromatic rings. The molecule has 0 aliphatic rings. The van der Waals surface area contributed by atoms with Gasteiger partial charge in [-0.1, -0.05) is 20.8 Å². The highest BCUT2D eigenvalue weighted by molar-refractivity contribution is 7.91. The van der Waals surface area contributed by atoms with Crippen LogP contribution < -0.4 is 4.72 Å². The topological polar surface area (TPSA) is 118 Å². The Balaban J connectivity index is 3.09. The van der Waals surface area contributed by atoms with Crippen LogP contribution in [0.25, 0.3) is 0 Å². The number of aliphatic carboxylic acids is 1. The summed E-state index contributed by atoms with van der Waals surface area (Å²) in [6, 6.07) is 3.48. The van der Waals surface area contributed by atoms with Crippen molar-refractivity contribution >= 4 is 25.8 Å². The molecular formula is C14H21NO6S2. The van der Waals surface area contributed by atoms with E-state index in [2.05, 4.69) is 4.72 Å². The average Bonchev–Trinajstić information content (AvgIpc) is 2.44. The van der Waals surface area contributed by atoms with E-state index in [9.17, 15) is 21.6 Å². The molecule has 0 aliphatic heterocycles. The van der Waals surface area contributed by atoms with Crippen LogP contribution in [0, 0.1) is 5.92 Å². The van der Waals surface area contributed by atoms with Gasteiger partial charge in [-0.3, -0.25) is 4.79 Å². The van der Waals surface area contributed by atoms with Gasteiger partial charge in [0.2, 0.25) is 10.0 Å². The molecule has 1 atom stereocenters. The highest BCUT2D eigenvalue weighted by Crippen LogP contribution is 2.17. The van der Waals surface area contributed by atoms with Gasteiger partial charge in [-0.05, 0) is 36.6 Å². The summed E-state index contributed by atoms with van der Waals surface area (Å²) < 4.78 is 50.4. The molecule has 1 rings (SSSR count). The largest absolute Gasteiger partial charge is 0.480 e. The molecule has 0 saturated heterocycles. The predicted octanol–water partition coefficient (Wildman–Crippen LogP) is 1.26. The normalized spacial score (nSPS) is 13.9. The summed E-state index contributed by atoms with van der Waals surface area (Å²) in [6.07, 6.45) is 0.457. The van der Waals surface area contributed by atoms with Gasteiger partial charge in [0, 0.05) is 0 Å². The summed E-state index contributed by atoms with van der Waals surface area (Å²) >= 11 is 0. The summed E-state index contributed by atoms with van der Waals surface area (Å²) in [5.41, 5.74) is 0. The first-order valence-corrected chi connectivity index (χ1v) is 10.2. The molecule has 2 N–H and O–H groups in total. The lowest BCUT2D eigenvalue weighted by Gasteiger charge is -2.18. The fraction of sp³-hybridized carbons (Fsp3) is 0.500. The zero-order valence-corrected chi connectivity index (χ0v) is 14.8. The lowest BCUT2D eigenvalue weighted by Crippen LogP contribution is -2.44. The molecule has 0 aliphatic carbocycles. The smallest absolute Gasteiger partial charge is 0.322 e. The number of hydrogen-bond donors (Lipinski definition) is 2. The van der Waals surface area contributed by atoms with Crippen molar-refractivity contribution < 1.29 is 26.7 Å².